The van der Waals surface area contributed by atoms with Gasteiger partial charge >= 0.3 is 0 Å². The highest BCUT2D eigenvalue weighted by Crippen LogP contribution is 2.23. The Morgan fingerprint density at radius 3 is 2.67 bits per heavy atom. The molecule has 0 saturated heterocycles. The van der Waals surface area contributed by atoms with Crippen molar-refractivity contribution in [2.45, 2.75) is 6.61 Å². The van der Waals surface area contributed by atoms with Gasteiger partial charge in [-0.3, -0.25) is 9.78 Å². The number of benzene rings is 3. The van der Waals surface area contributed by atoms with Gasteiger partial charge in [0.1, 0.15) is 29.4 Å². The molecule has 4 aromatic rings. The molecule has 1 N–H and O–H groups in total. The monoisotopic (exact) mass is 555 g/mol. The predicted molar refractivity (Wildman–Crippen MR) is 133 cm³/mol. The van der Waals surface area contributed by atoms with E-state index in [4.69, 9.17) is 9.47 Å². The van der Waals surface area contributed by atoms with Crippen LogP contribution in [0.5, 0.6) is 11.5 Å². The summed E-state index contributed by atoms with van der Waals surface area (Å²) in [5.74, 6) is 0.588. The largest absolute Gasteiger partial charge is 0.488 e. The predicted octanol–water partition coefficient (Wildman–Crippen LogP) is 5.09. The Morgan fingerprint density at radius 2 is 1.85 bits per heavy atom. The lowest BCUT2D eigenvalue weighted by Crippen LogP contribution is -2.24. The number of carbonyl (C=O) groups excluding carboxylic acids is 1. The van der Waals surface area contributed by atoms with E-state index in [9.17, 15) is 9.18 Å². The molecular formula is C25H19FIN3O3. The summed E-state index contributed by atoms with van der Waals surface area (Å²) < 4.78 is 25.3. The van der Waals surface area contributed by atoms with Crippen LogP contribution in [-0.2, 0) is 11.4 Å². The third-order valence-electron chi connectivity index (χ3n) is 4.62. The van der Waals surface area contributed by atoms with Gasteiger partial charge in [-0.05, 0) is 76.2 Å². The van der Waals surface area contributed by atoms with E-state index in [1.54, 1.807) is 30.6 Å². The van der Waals surface area contributed by atoms with Crippen molar-refractivity contribution in [1.82, 2.24) is 10.4 Å². The second-order valence-electron chi connectivity index (χ2n) is 7.02. The molecule has 0 spiro atoms. The molecule has 0 radical (unpaired) electrons. The average molecular weight is 555 g/mol. The maximum Gasteiger partial charge on any atom is 0.277 e. The fourth-order valence-electron chi connectivity index (χ4n) is 3.00. The Labute approximate surface area is 203 Å². The summed E-state index contributed by atoms with van der Waals surface area (Å²) in [7, 11) is 0. The van der Waals surface area contributed by atoms with Crippen LogP contribution in [0.3, 0.4) is 0 Å². The summed E-state index contributed by atoms with van der Waals surface area (Å²) in [6.07, 6.45) is 3.23. The van der Waals surface area contributed by atoms with Gasteiger partial charge in [0.2, 0.25) is 0 Å². The molecule has 0 bridgehead atoms. The molecule has 0 saturated carbocycles. The molecule has 1 aromatic heterocycles. The fraction of sp³-hybridized carbons (Fsp3) is 0.0800. The third-order valence-corrected chi connectivity index (χ3v) is 5.46. The Hall–Kier alpha value is -3.53. The highest BCUT2D eigenvalue weighted by atomic mass is 127. The maximum atomic E-state index is 13.0. The van der Waals surface area contributed by atoms with E-state index < -0.39 is 0 Å². The quantitative estimate of drug-likeness (QED) is 0.187. The van der Waals surface area contributed by atoms with Crippen LogP contribution in [0.2, 0.25) is 0 Å². The standard InChI is InChI=1S/C25H19FIN3O3/c26-20-9-6-17(7-10-20)15-32-22-11-8-18(13-21(22)27)14-29-30-24(31)16-33-23-5-1-3-19-4-2-12-28-25(19)23/h1-14H,15-16H2,(H,30,31)/b29-14+. The van der Waals surface area contributed by atoms with Gasteiger partial charge in [-0.15, -0.1) is 0 Å². The molecule has 0 aliphatic rings. The van der Waals surface area contributed by atoms with Crippen LogP contribution in [0.4, 0.5) is 4.39 Å². The number of carbonyl (C=O) groups is 1. The van der Waals surface area contributed by atoms with Crippen LogP contribution in [0.1, 0.15) is 11.1 Å². The van der Waals surface area contributed by atoms with Crippen LogP contribution < -0.4 is 14.9 Å². The molecule has 4 rings (SSSR count). The van der Waals surface area contributed by atoms with E-state index >= 15 is 0 Å². The van der Waals surface area contributed by atoms with Crippen molar-refractivity contribution in [2.24, 2.45) is 5.10 Å². The zero-order chi connectivity index (χ0) is 23.0. The number of ether oxygens (including phenoxy) is 2. The summed E-state index contributed by atoms with van der Waals surface area (Å²) in [6.45, 7) is 0.159. The molecule has 0 fully saturated rings. The number of pyridine rings is 1. The first-order valence-corrected chi connectivity index (χ1v) is 11.1. The number of nitrogens with zero attached hydrogens (tertiary/aromatic N) is 2. The number of aromatic nitrogens is 1. The Kier molecular flexibility index (Phi) is 7.46. The van der Waals surface area contributed by atoms with E-state index in [0.717, 1.165) is 20.1 Å². The first-order chi connectivity index (χ1) is 16.1. The number of hydrazone groups is 1. The van der Waals surface area contributed by atoms with Gasteiger partial charge in [-0.1, -0.05) is 30.3 Å². The van der Waals surface area contributed by atoms with E-state index in [1.165, 1.54) is 12.1 Å². The minimum atomic E-state index is -0.381. The second kappa shape index (κ2) is 10.9. The molecule has 0 aliphatic heterocycles. The van der Waals surface area contributed by atoms with Crippen molar-refractivity contribution in [3.05, 3.63) is 99.5 Å². The molecular weight excluding hydrogens is 536 g/mol. The Morgan fingerprint density at radius 1 is 1.03 bits per heavy atom. The molecule has 166 valence electrons. The summed E-state index contributed by atoms with van der Waals surface area (Å²) >= 11 is 2.17. The van der Waals surface area contributed by atoms with Crippen LogP contribution in [-0.4, -0.2) is 23.7 Å². The lowest BCUT2D eigenvalue weighted by atomic mass is 10.2. The van der Waals surface area contributed by atoms with Crippen LogP contribution >= 0.6 is 22.6 Å². The Bertz CT molecular complexity index is 1290. The van der Waals surface area contributed by atoms with Gasteiger partial charge in [-0.25, -0.2) is 9.82 Å². The molecule has 6 nitrogen and oxygen atoms in total. The summed E-state index contributed by atoms with van der Waals surface area (Å²) in [5.41, 5.74) is 4.83. The normalized spacial score (nSPS) is 11.0. The molecule has 0 atom stereocenters. The number of hydrogen-bond acceptors (Lipinski definition) is 5. The third kappa shape index (κ3) is 6.26. The summed E-state index contributed by atoms with van der Waals surface area (Å²) in [6, 6.07) is 21.0. The maximum absolute atomic E-state index is 13.0. The zero-order valence-corrected chi connectivity index (χ0v) is 19.5. The number of fused-ring (bicyclic) bond motifs is 1. The van der Waals surface area contributed by atoms with Gasteiger partial charge in [0, 0.05) is 11.6 Å². The molecule has 0 unspecified atom stereocenters. The fourth-order valence-corrected chi connectivity index (χ4v) is 3.70. The smallest absolute Gasteiger partial charge is 0.277 e. The summed E-state index contributed by atoms with van der Waals surface area (Å²) in [5, 5.41) is 4.93. The average Bonchev–Trinajstić information content (AvgIpc) is 2.83. The lowest BCUT2D eigenvalue weighted by molar-refractivity contribution is -0.123. The molecule has 8 heteroatoms. The Balaban J connectivity index is 1.28. The van der Waals surface area contributed by atoms with E-state index in [0.29, 0.717) is 23.6 Å². The van der Waals surface area contributed by atoms with Crippen LogP contribution in [0.15, 0.2) is 84.1 Å². The number of hydrogen-bond donors (Lipinski definition) is 1. The van der Waals surface area contributed by atoms with Gasteiger partial charge < -0.3 is 9.47 Å². The molecule has 33 heavy (non-hydrogen) atoms. The van der Waals surface area contributed by atoms with Gasteiger partial charge in [-0.2, -0.15) is 5.10 Å². The second-order valence-corrected chi connectivity index (χ2v) is 8.18. The van der Waals surface area contributed by atoms with Crippen molar-refractivity contribution in [2.75, 3.05) is 6.61 Å². The van der Waals surface area contributed by atoms with Crippen LogP contribution in [0.25, 0.3) is 10.9 Å². The number of halogens is 2. The van der Waals surface area contributed by atoms with Crippen molar-refractivity contribution >= 4 is 45.6 Å². The number of amides is 1. The van der Waals surface area contributed by atoms with Crippen LogP contribution in [0, 0.1) is 9.39 Å². The topological polar surface area (TPSA) is 72.8 Å². The number of nitrogens with one attached hydrogen (secondary N) is 1. The molecule has 0 aliphatic carbocycles. The lowest BCUT2D eigenvalue weighted by Gasteiger charge is -2.09. The van der Waals surface area contributed by atoms with Crippen molar-refractivity contribution in [1.29, 1.82) is 0 Å². The van der Waals surface area contributed by atoms with Crippen molar-refractivity contribution in [3.63, 3.8) is 0 Å². The summed E-state index contributed by atoms with van der Waals surface area (Å²) in [4.78, 5) is 16.4. The SMILES string of the molecule is O=C(COc1cccc2cccnc12)N/N=C/c1ccc(OCc2ccc(F)cc2)c(I)c1. The zero-order valence-electron chi connectivity index (χ0n) is 17.4. The first kappa shape index (κ1) is 22.7. The number of rotatable bonds is 8. The minimum absolute atomic E-state index is 0.180. The minimum Gasteiger partial charge on any atom is -0.488 e. The highest BCUT2D eigenvalue weighted by Gasteiger charge is 2.06. The molecule has 3 aromatic carbocycles. The first-order valence-electron chi connectivity index (χ1n) is 10.0. The number of para-hydroxylation sites is 1. The van der Waals surface area contributed by atoms with E-state index in [-0.39, 0.29) is 18.3 Å². The van der Waals surface area contributed by atoms with Crippen molar-refractivity contribution in [3.8, 4) is 11.5 Å². The molecule has 1 heterocycles. The van der Waals surface area contributed by atoms with E-state index in [2.05, 4.69) is 38.1 Å². The molecule has 1 amide bonds. The van der Waals surface area contributed by atoms with Gasteiger partial charge in [0.25, 0.3) is 5.91 Å². The van der Waals surface area contributed by atoms with Crippen molar-refractivity contribution < 1.29 is 18.7 Å². The van der Waals surface area contributed by atoms with E-state index in [1.807, 2.05) is 42.5 Å². The highest BCUT2D eigenvalue weighted by molar-refractivity contribution is 14.1. The van der Waals surface area contributed by atoms with Gasteiger partial charge in [0.05, 0.1) is 9.78 Å². The van der Waals surface area contributed by atoms with Gasteiger partial charge in [0.15, 0.2) is 6.61 Å².